The van der Waals surface area contributed by atoms with Gasteiger partial charge in [-0.05, 0) is 54.8 Å². The van der Waals surface area contributed by atoms with E-state index < -0.39 is 0 Å². The Morgan fingerprint density at radius 3 is 2.56 bits per heavy atom. The minimum absolute atomic E-state index is 0.00544. The Balaban J connectivity index is 1.55. The number of rotatable bonds is 4. The van der Waals surface area contributed by atoms with Crippen LogP contribution in [0.5, 0.6) is 0 Å². The highest BCUT2D eigenvalue weighted by Gasteiger charge is 2.31. The molecule has 136 valence electrons. The molecular formula is C23H21FN2O. The molecule has 0 saturated carbocycles. The standard InChI is InChI=1S/C23H21FN2O/c24-19-13-11-17(12-14-19)16-20-8-4-9-21(25-20)22-10-5-15-26(22)23(27)18-6-2-1-3-7-18/h1-4,6-9,11-14,22H,5,10,15-16H2. The number of likely N-dealkylation sites (tertiary alicyclic amines) is 1. The van der Waals surface area contributed by atoms with Gasteiger partial charge in [0, 0.05) is 24.2 Å². The maximum atomic E-state index is 13.1. The molecule has 4 heteroatoms. The summed E-state index contributed by atoms with van der Waals surface area (Å²) < 4.78 is 13.1. The monoisotopic (exact) mass is 360 g/mol. The molecule has 1 fully saturated rings. The summed E-state index contributed by atoms with van der Waals surface area (Å²) in [6.45, 7) is 0.752. The molecule has 0 spiro atoms. The van der Waals surface area contributed by atoms with Crippen LogP contribution in [0.3, 0.4) is 0 Å². The van der Waals surface area contributed by atoms with Crippen LogP contribution in [-0.2, 0) is 6.42 Å². The van der Waals surface area contributed by atoms with Crippen LogP contribution in [0, 0.1) is 5.82 Å². The molecule has 3 nitrogen and oxygen atoms in total. The largest absolute Gasteiger partial charge is 0.330 e. The normalized spacial score (nSPS) is 16.5. The molecule has 1 atom stereocenters. The summed E-state index contributed by atoms with van der Waals surface area (Å²) in [6, 6.07) is 21.9. The highest BCUT2D eigenvalue weighted by molar-refractivity contribution is 5.94. The Bertz CT molecular complexity index is 925. The van der Waals surface area contributed by atoms with Gasteiger partial charge in [0.2, 0.25) is 0 Å². The number of hydrogen-bond acceptors (Lipinski definition) is 2. The molecule has 1 aliphatic rings. The first kappa shape index (κ1) is 17.4. The van der Waals surface area contributed by atoms with Crippen molar-refractivity contribution in [3.8, 4) is 0 Å². The van der Waals surface area contributed by atoms with E-state index in [-0.39, 0.29) is 17.8 Å². The first-order valence-corrected chi connectivity index (χ1v) is 9.27. The zero-order chi connectivity index (χ0) is 18.6. The molecule has 0 radical (unpaired) electrons. The van der Waals surface area contributed by atoms with Gasteiger partial charge in [-0.25, -0.2) is 4.39 Å². The van der Waals surface area contributed by atoms with Gasteiger partial charge in [-0.3, -0.25) is 9.78 Å². The molecule has 0 N–H and O–H groups in total. The number of halogens is 1. The zero-order valence-corrected chi connectivity index (χ0v) is 15.0. The quantitative estimate of drug-likeness (QED) is 0.670. The Morgan fingerprint density at radius 1 is 1.00 bits per heavy atom. The van der Waals surface area contributed by atoms with Crippen molar-refractivity contribution in [2.24, 2.45) is 0 Å². The summed E-state index contributed by atoms with van der Waals surface area (Å²) in [4.78, 5) is 19.6. The molecule has 27 heavy (non-hydrogen) atoms. The number of benzene rings is 2. The van der Waals surface area contributed by atoms with Gasteiger partial charge in [0.15, 0.2) is 0 Å². The number of hydrogen-bond donors (Lipinski definition) is 0. The summed E-state index contributed by atoms with van der Waals surface area (Å²) in [5.41, 5.74) is 3.59. The minimum atomic E-state index is -0.235. The number of aromatic nitrogens is 1. The summed E-state index contributed by atoms with van der Waals surface area (Å²) in [7, 11) is 0. The molecule has 1 amide bonds. The van der Waals surface area contributed by atoms with Crippen molar-refractivity contribution in [1.29, 1.82) is 0 Å². The van der Waals surface area contributed by atoms with E-state index >= 15 is 0 Å². The third kappa shape index (κ3) is 3.90. The predicted octanol–water partition coefficient (Wildman–Crippen LogP) is 4.79. The van der Waals surface area contributed by atoms with E-state index in [4.69, 9.17) is 4.98 Å². The SMILES string of the molecule is O=C(c1ccccc1)N1CCCC1c1cccc(Cc2ccc(F)cc2)n1. The van der Waals surface area contributed by atoms with Gasteiger partial charge in [0.25, 0.3) is 5.91 Å². The van der Waals surface area contributed by atoms with Gasteiger partial charge in [-0.2, -0.15) is 0 Å². The van der Waals surface area contributed by atoms with Crippen molar-refractivity contribution in [2.75, 3.05) is 6.54 Å². The third-order valence-electron chi connectivity index (χ3n) is 5.00. The van der Waals surface area contributed by atoms with Crippen molar-refractivity contribution < 1.29 is 9.18 Å². The lowest BCUT2D eigenvalue weighted by atomic mass is 10.1. The molecule has 1 unspecified atom stereocenters. The first-order chi connectivity index (χ1) is 13.2. The lowest BCUT2D eigenvalue weighted by Gasteiger charge is -2.24. The molecular weight excluding hydrogens is 339 g/mol. The first-order valence-electron chi connectivity index (χ1n) is 9.27. The van der Waals surface area contributed by atoms with Crippen molar-refractivity contribution in [1.82, 2.24) is 9.88 Å². The molecule has 2 aromatic carbocycles. The second kappa shape index (κ2) is 7.70. The zero-order valence-electron chi connectivity index (χ0n) is 15.0. The van der Waals surface area contributed by atoms with Crippen LogP contribution in [0.2, 0.25) is 0 Å². The van der Waals surface area contributed by atoms with Gasteiger partial charge >= 0.3 is 0 Å². The Kier molecular flexibility index (Phi) is 4.97. The van der Waals surface area contributed by atoms with Crippen LogP contribution in [0.4, 0.5) is 4.39 Å². The number of pyridine rings is 1. The average Bonchev–Trinajstić information content (AvgIpc) is 3.20. The van der Waals surface area contributed by atoms with Crippen molar-refractivity contribution >= 4 is 5.91 Å². The summed E-state index contributed by atoms with van der Waals surface area (Å²) >= 11 is 0. The second-order valence-electron chi connectivity index (χ2n) is 6.88. The molecule has 0 aliphatic carbocycles. The van der Waals surface area contributed by atoms with E-state index in [1.807, 2.05) is 53.4 Å². The van der Waals surface area contributed by atoms with Gasteiger partial charge in [0.05, 0.1) is 11.7 Å². The van der Waals surface area contributed by atoms with Crippen LogP contribution in [0.25, 0.3) is 0 Å². The van der Waals surface area contributed by atoms with Gasteiger partial charge in [0.1, 0.15) is 5.82 Å². The molecule has 3 aromatic rings. The molecule has 2 heterocycles. The highest BCUT2D eigenvalue weighted by atomic mass is 19.1. The molecule has 1 aromatic heterocycles. The van der Waals surface area contributed by atoms with E-state index in [1.165, 1.54) is 12.1 Å². The average molecular weight is 360 g/mol. The Hall–Kier alpha value is -3.01. The topological polar surface area (TPSA) is 33.2 Å². The van der Waals surface area contributed by atoms with Gasteiger partial charge < -0.3 is 4.90 Å². The van der Waals surface area contributed by atoms with Gasteiger partial charge in [-0.1, -0.05) is 36.4 Å². The fourth-order valence-electron chi connectivity index (χ4n) is 3.66. The Morgan fingerprint density at radius 2 is 1.78 bits per heavy atom. The van der Waals surface area contributed by atoms with E-state index in [0.717, 1.165) is 36.3 Å². The van der Waals surface area contributed by atoms with E-state index in [9.17, 15) is 9.18 Å². The smallest absolute Gasteiger partial charge is 0.254 e. The number of nitrogens with zero attached hydrogens (tertiary/aromatic N) is 2. The van der Waals surface area contributed by atoms with Crippen molar-refractivity contribution in [3.05, 3.63) is 101 Å². The minimum Gasteiger partial charge on any atom is -0.330 e. The summed E-state index contributed by atoms with van der Waals surface area (Å²) in [5, 5.41) is 0. The summed E-state index contributed by atoms with van der Waals surface area (Å²) in [6.07, 6.45) is 2.55. The molecule has 1 aliphatic heterocycles. The highest BCUT2D eigenvalue weighted by Crippen LogP contribution is 2.32. The van der Waals surface area contributed by atoms with Crippen LogP contribution in [-0.4, -0.2) is 22.3 Å². The van der Waals surface area contributed by atoms with Crippen LogP contribution in [0.1, 0.15) is 46.2 Å². The number of amides is 1. The second-order valence-corrected chi connectivity index (χ2v) is 6.88. The van der Waals surface area contributed by atoms with Crippen LogP contribution >= 0.6 is 0 Å². The fraction of sp³-hybridized carbons (Fsp3) is 0.217. The maximum Gasteiger partial charge on any atom is 0.254 e. The summed E-state index contributed by atoms with van der Waals surface area (Å²) in [5.74, 6) is -0.176. The maximum absolute atomic E-state index is 13.1. The van der Waals surface area contributed by atoms with Crippen LogP contribution < -0.4 is 0 Å². The molecule has 4 rings (SSSR count). The molecule has 0 bridgehead atoms. The third-order valence-corrected chi connectivity index (χ3v) is 5.00. The van der Waals surface area contributed by atoms with Gasteiger partial charge in [-0.15, -0.1) is 0 Å². The van der Waals surface area contributed by atoms with Crippen molar-refractivity contribution in [3.63, 3.8) is 0 Å². The lowest BCUT2D eigenvalue weighted by Crippen LogP contribution is -2.31. The number of carbonyl (C=O) groups is 1. The van der Waals surface area contributed by atoms with Crippen LogP contribution in [0.15, 0.2) is 72.8 Å². The van der Waals surface area contributed by atoms with Crippen molar-refractivity contribution in [2.45, 2.75) is 25.3 Å². The fourth-order valence-corrected chi connectivity index (χ4v) is 3.66. The van der Waals surface area contributed by atoms with E-state index in [1.54, 1.807) is 12.1 Å². The van der Waals surface area contributed by atoms with E-state index in [2.05, 4.69) is 0 Å². The predicted molar refractivity (Wildman–Crippen MR) is 103 cm³/mol. The van der Waals surface area contributed by atoms with E-state index in [0.29, 0.717) is 12.0 Å². The Labute approximate surface area is 158 Å². The molecule has 1 saturated heterocycles. The lowest BCUT2D eigenvalue weighted by molar-refractivity contribution is 0.0733. The number of carbonyl (C=O) groups excluding carboxylic acids is 1.